The quantitative estimate of drug-likeness (QED) is 0.100. The summed E-state index contributed by atoms with van der Waals surface area (Å²) in [6.45, 7) is 14.1. The van der Waals surface area contributed by atoms with E-state index in [1.807, 2.05) is 0 Å². The summed E-state index contributed by atoms with van der Waals surface area (Å²) in [5.41, 5.74) is 18.3. The van der Waals surface area contributed by atoms with Crippen LogP contribution in [-0.4, -0.2) is 0 Å². The van der Waals surface area contributed by atoms with Crippen LogP contribution in [0.1, 0.15) is 124 Å². The predicted octanol–water partition coefficient (Wildman–Crippen LogP) is 14.4. The summed E-state index contributed by atoms with van der Waals surface area (Å²) < 4.78 is 0. The molecule has 0 atom stereocenters. The number of allylic oxidation sites excluding steroid dienone is 8. The van der Waals surface area contributed by atoms with Gasteiger partial charge in [0.25, 0.3) is 0 Å². The van der Waals surface area contributed by atoms with E-state index in [4.69, 9.17) is 0 Å². The van der Waals surface area contributed by atoms with Gasteiger partial charge in [-0.1, -0.05) is 204 Å². The van der Waals surface area contributed by atoms with E-state index in [9.17, 15) is 0 Å². The zero-order valence-electron chi connectivity index (χ0n) is 33.3. The zero-order valence-corrected chi connectivity index (χ0v) is 33.3. The van der Waals surface area contributed by atoms with Crippen molar-refractivity contribution in [3.8, 4) is 11.1 Å². The maximum Gasteiger partial charge on any atom is 0.0526 e. The highest BCUT2D eigenvalue weighted by Gasteiger charge is 2.51. The van der Waals surface area contributed by atoms with Crippen molar-refractivity contribution >= 4 is 5.57 Å². The van der Waals surface area contributed by atoms with Gasteiger partial charge >= 0.3 is 0 Å². The van der Waals surface area contributed by atoms with Gasteiger partial charge < -0.3 is 0 Å². The molecule has 0 aliphatic heterocycles. The molecular formula is C54H56. The van der Waals surface area contributed by atoms with Crippen molar-refractivity contribution in [3.05, 3.63) is 207 Å². The van der Waals surface area contributed by atoms with Crippen LogP contribution in [0.5, 0.6) is 0 Å². The third-order valence-electron chi connectivity index (χ3n) is 12.4. The molecular weight excluding hydrogens is 649 g/mol. The average molecular weight is 705 g/mol. The highest BCUT2D eigenvalue weighted by Crippen LogP contribution is 2.61. The molecule has 0 spiro atoms. The monoisotopic (exact) mass is 704 g/mol. The maximum atomic E-state index is 2.56. The summed E-state index contributed by atoms with van der Waals surface area (Å²) >= 11 is 0. The molecule has 0 radical (unpaired) electrons. The van der Waals surface area contributed by atoms with E-state index in [1.54, 1.807) is 5.57 Å². The standard InChI is InChI=1S/C54H56/c1-52(2,3)43-31-33-47-48-34-32-44(53(4,5)6)37-50(48)51(49(47)36-43)54(41-22-13-9-14-23-41,42-24-15-10-16-25-42)45-30-27-38(35-45)19-11-7-8-12-20-39-28-29-40-21-17-18-26-46(39)40/h8-10,12-18,21-28,30-34,36-37,51H,7,11,19-20,29,35H2,1-6H3/b12-8+. The van der Waals surface area contributed by atoms with Gasteiger partial charge in [0.15, 0.2) is 0 Å². The zero-order chi connectivity index (χ0) is 37.5. The Labute approximate surface area is 325 Å². The van der Waals surface area contributed by atoms with Crippen LogP contribution in [-0.2, 0) is 22.7 Å². The first kappa shape index (κ1) is 36.1. The molecule has 0 saturated heterocycles. The van der Waals surface area contributed by atoms with E-state index in [-0.39, 0.29) is 22.2 Å². The minimum atomic E-state index is -0.390. The van der Waals surface area contributed by atoms with Crippen molar-refractivity contribution in [1.29, 1.82) is 0 Å². The Morgan fingerprint density at radius 1 is 0.574 bits per heavy atom. The molecule has 0 amide bonds. The Morgan fingerprint density at radius 2 is 1.15 bits per heavy atom. The fourth-order valence-corrected chi connectivity index (χ4v) is 9.47. The third kappa shape index (κ3) is 6.59. The molecule has 272 valence electrons. The topological polar surface area (TPSA) is 0 Å². The summed E-state index contributed by atoms with van der Waals surface area (Å²) in [7, 11) is 0. The Bertz CT molecular complexity index is 2170. The van der Waals surface area contributed by atoms with Crippen LogP contribution < -0.4 is 0 Å². The number of unbranched alkanes of at least 4 members (excludes halogenated alkanes) is 1. The molecule has 0 saturated carbocycles. The normalized spacial score (nSPS) is 15.6. The lowest BCUT2D eigenvalue weighted by atomic mass is 9.58. The molecule has 0 unspecified atom stereocenters. The molecule has 3 aliphatic carbocycles. The van der Waals surface area contributed by atoms with Crippen LogP contribution in [0.2, 0.25) is 0 Å². The van der Waals surface area contributed by atoms with E-state index >= 15 is 0 Å². The van der Waals surface area contributed by atoms with Crippen molar-refractivity contribution in [2.45, 2.75) is 102 Å². The molecule has 0 fully saturated rings. The number of benzene rings is 5. The smallest absolute Gasteiger partial charge is 0.0526 e. The lowest BCUT2D eigenvalue weighted by Crippen LogP contribution is -2.37. The fourth-order valence-electron chi connectivity index (χ4n) is 9.47. The molecule has 0 nitrogen and oxygen atoms in total. The molecule has 0 aromatic heterocycles. The van der Waals surface area contributed by atoms with Crippen LogP contribution in [0.15, 0.2) is 163 Å². The third-order valence-corrected chi connectivity index (χ3v) is 12.4. The highest BCUT2D eigenvalue weighted by molar-refractivity contribution is 5.83. The lowest BCUT2D eigenvalue weighted by Gasteiger charge is -2.44. The Morgan fingerprint density at radius 3 is 1.74 bits per heavy atom. The first-order valence-corrected chi connectivity index (χ1v) is 20.3. The number of fused-ring (bicyclic) bond motifs is 4. The predicted molar refractivity (Wildman–Crippen MR) is 231 cm³/mol. The van der Waals surface area contributed by atoms with Crippen molar-refractivity contribution in [2.75, 3.05) is 0 Å². The summed E-state index contributed by atoms with van der Waals surface area (Å²) in [5, 5.41) is 0. The van der Waals surface area contributed by atoms with Gasteiger partial charge in [0.1, 0.15) is 0 Å². The van der Waals surface area contributed by atoms with Crippen LogP contribution in [0.4, 0.5) is 0 Å². The van der Waals surface area contributed by atoms with Gasteiger partial charge in [-0.2, -0.15) is 0 Å². The van der Waals surface area contributed by atoms with Crippen LogP contribution >= 0.6 is 0 Å². The first-order valence-electron chi connectivity index (χ1n) is 20.3. The molecule has 3 aliphatic rings. The van der Waals surface area contributed by atoms with Gasteiger partial charge in [-0.05, 0) is 111 Å². The van der Waals surface area contributed by atoms with Crippen molar-refractivity contribution in [3.63, 3.8) is 0 Å². The molecule has 8 rings (SSSR count). The average Bonchev–Trinajstić information content (AvgIpc) is 3.90. The molecule has 0 N–H and O–H groups in total. The van der Waals surface area contributed by atoms with Crippen LogP contribution in [0.3, 0.4) is 0 Å². The van der Waals surface area contributed by atoms with Gasteiger partial charge in [0.2, 0.25) is 0 Å². The molecule has 5 aromatic carbocycles. The molecule has 0 heterocycles. The summed E-state index contributed by atoms with van der Waals surface area (Å²) in [6.07, 6.45) is 18.7. The largest absolute Gasteiger partial charge is 0.0882 e. The molecule has 5 aromatic rings. The summed E-state index contributed by atoms with van der Waals surface area (Å²) in [4.78, 5) is 0. The van der Waals surface area contributed by atoms with Gasteiger partial charge in [0, 0.05) is 5.92 Å². The summed E-state index contributed by atoms with van der Waals surface area (Å²) in [6, 6.07) is 46.5. The number of hydrogen-bond donors (Lipinski definition) is 0. The van der Waals surface area contributed by atoms with E-state index in [0.717, 1.165) is 32.1 Å². The SMILES string of the molecule is CC(C)(C)c1ccc2c(c1)C(C(C1=CC=C(CCC/C=C/CC3=CCc4ccccc43)C1)(c1ccccc1)c1ccccc1)c1cc(C(C)(C)C)ccc1-2. The van der Waals surface area contributed by atoms with Crippen LogP contribution in [0.25, 0.3) is 16.7 Å². The van der Waals surface area contributed by atoms with E-state index in [2.05, 4.69) is 193 Å². The lowest BCUT2D eigenvalue weighted by molar-refractivity contribution is 0.518. The first-order chi connectivity index (χ1) is 26.0. The second-order valence-corrected chi connectivity index (χ2v) is 17.9. The number of hydrogen-bond acceptors (Lipinski definition) is 0. The minimum absolute atomic E-state index is 0.0431. The van der Waals surface area contributed by atoms with Gasteiger partial charge in [-0.25, -0.2) is 0 Å². The van der Waals surface area contributed by atoms with E-state index < -0.39 is 0 Å². The highest BCUT2D eigenvalue weighted by atomic mass is 14.5. The second kappa shape index (κ2) is 14.4. The maximum absolute atomic E-state index is 2.56. The van der Waals surface area contributed by atoms with Crippen LogP contribution in [0, 0.1) is 0 Å². The second-order valence-electron chi connectivity index (χ2n) is 17.9. The fraction of sp³-hybridized carbons (Fsp3) is 0.296. The van der Waals surface area contributed by atoms with Gasteiger partial charge in [0.05, 0.1) is 5.41 Å². The minimum Gasteiger partial charge on any atom is -0.0882 e. The van der Waals surface area contributed by atoms with Crippen molar-refractivity contribution < 1.29 is 0 Å². The number of rotatable bonds is 10. The Hall–Kier alpha value is -4.94. The van der Waals surface area contributed by atoms with Crippen molar-refractivity contribution in [1.82, 2.24) is 0 Å². The molecule has 0 heteroatoms. The van der Waals surface area contributed by atoms with E-state index in [0.29, 0.717) is 0 Å². The Kier molecular flexibility index (Phi) is 9.60. The van der Waals surface area contributed by atoms with Gasteiger partial charge in [-0.3, -0.25) is 0 Å². The summed E-state index contributed by atoms with van der Waals surface area (Å²) in [5.74, 6) is 0.119. The molecule has 54 heavy (non-hydrogen) atoms. The molecule has 0 bridgehead atoms. The van der Waals surface area contributed by atoms with E-state index in [1.165, 1.54) is 73.2 Å². The van der Waals surface area contributed by atoms with Gasteiger partial charge in [-0.15, -0.1) is 0 Å². The Balaban J connectivity index is 1.16. The van der Waals surface area contributed by atoms with Crippen molar-refractivity contribution in [2.24, 2.45) is 0 Å².